The summed E-state index contributed by atoms with van der Waals surface area (Å²) < 4.78 is 16.8. The molecule has 1 amide bonds. The number of aromatic nitrogens is 2. The van der Waals surface area contributed by atoms with Crippen molar-refractivity contribution in [2.45, 2.75) is 18.9 Å². The van der Waals surface area contributed by atoms with Gasteiger partial charge in [-0.3, -0.25) is 4.79 Å². The lowest BCUT2D eigenvalue weighted by Gasteiger charge is -2.32. The molecule has 2 aliphatic rings. The van der Waals surface area contributed by atoms with E-state index in [0.717, 1.165) is 24.0 Å². The van der Waals surface area contributed by atoms with Crippen molar-refractivity contribution in [2.24, 2.45) is 0 Å². The molecular formula is C25H29N5O4. The van der Waals surface area contributed by atoms with Crippen LogP contribution in [0.1, 0.15) is 12.8 Å². The highest BCUT2D eigenvalue weighted by molar-refractivity contribution is 6.06. The van der Waals surface area contributed by atoms with Gasteiger partial charge in [-0.15, -0.1) is 0 Å². The van der Waals surface area contributed by atoms with Gasteiger partial charge in [-0.2, -0.15) is 4.98 Å². The van der Waals surface area contributed by atoms with E-state index in [4.69, 9.17) is 24.9 Å². The molecule has 0 spiro atoms. The van der Waals surface area contributed by atoms with Crippen molar-refractivity contribution in [2.75, 3.05) is 57.7 Å². The van der Waals surface area contributed by atoms with E-state index in [1.54, 1.807) is 14.2 Å². The Bertz CT molecular complexity index is 1200. The van der Waals surface area contributed by atoms with E-state index in [2.05, 4.69) is 4.98 Å². The Balaban J connectivity index is 1.61. The SMILES string of the molecule is COc1cc2nc(N3CCC[C@H]3C(=O)N3CCOCC3)nc(N)c2c(-c2ccccc2)c1OC. The molecule has 1 aromatic heterocycles. The van der Waals surface area contributed by atoms with Gasteiger partial charge in [0.05, 0.1) is 38.3 Å². The third-order valence-corrected chi connectivity index (χ3v) is 6.53. The number of anilines is 2. The predicted molar refractivity (Wildman–Crippen MR) is 130 cm³/mol. The molecule has 3 heterocycles. The average molecular weight is 464 g/mol. The third-order valence-electron chi connectivity index (χ3n) is 6.53. The van der Waals surface area contributed by atoms with Crippen LogP contribution >= 0.6 is 0 Å². The molecule has 1 atom stereocenters. The van der Waals surface area contributed by atoms with Gasteiger partial charge in [0, 0.05) is 31.3 Å². The van der Waals surface area contributed by atoms with Gasteiger partial charge in [-0.1, -0.05) is 30.3 Å². The summed E-state index contributed by atoms with van der Waals surface area (Å²) in [6.45, 7) is 3.07. The van der Waals surface area contributed by atoms with Crippen molar-refractivity contribution < 1.29 is 19.0 Å². The number of hydrogen-bond donors (Lipinski definition) is 1. The highest BCUT2D eigenvalue weighted by atomic mass is 16.5. The molecule has 34 heavy (non-hydrogen) atoms. The van der Waals surface area contributed by atoms with Crippen molar-refractivity contribution in [3.05, 3.63) is 36.4 Å². The first-order valence-corrected chi connectivity index (χ1v) is 11.5. The molecule has 5 rings (SSSR count). The summed E-state index contributed by atoms with van der Waals surface area (Å²) in [5.74, 6) is 2.02. The molecule has 2 saturated heterocycles. The number of rotatable bonds is 5. The van der Waals surface area contributed by atoms with E-state index >= 15 is 0 Å². The van der Waals surface area contributed by atoms with Crippen LogP contribution in [0.2, 0.25) is 0 Å². The van der Waals surface area contributed by atoms with Crippen LogP contribution in [0.25, 0.3) is 22.0 Å². The average Bonchev–Trinajstić information content (AvgIpc) is 3.38. The molecule has 3 aromatic rings. The van der Waals surface area contributed by atoms with Gasteiger partial charge in [-0.25, -0.2) is 4.98 Å². The molecular weight excluding hydrogens is 434 g/mol. The van der Waals surface area contributed by atoms with Crippen LogP contribution < -0.4 is 20.1 Å². The maximum atomic E-state index is 13.3. The lowest BCUT2D eigenvalue weighted by molar-refractivity contribution is -0.136. The normalized spacial score (nSPS) is 18.4. The molecule has 0 radical (unpaired) electrons. The predicted octanol–water partition coefficient (Wildman–Crippen LogP) is 2.72. The Labute approximate surface area is 198 Å². The number of hydrogen-bond acceptors (Lipinski definition) is 8. The van der Waals surface area contributed by atoms with Crippen molar-refractivity contribution in [1.82, 2.24) is 14.9 Å². The number of nitrogen functional groups attached to an aromatic ring is 1. The Hall–Kier alpha value is -3.59. The Morgan fingerprint density at radius 2 is 1.85 bits per heavy atom. The Kier molecular flexibility index (Phi) is 6.10. The molecule has 2 aromatic carbocycles. The quantitative estimate of drug-likeness (QED) is 0.616. The second-order valence-electron chi connectivity index (χ2n) is 8.45. The molecule has 0 saturated carbocycles. The van der Waals surface area contributed by atoms with Crippen LogP contribution in [0, 0.1) is 0 Å². The number of carbonyl (C=O) groups excluding carboxylic acids is 1. The van der Waals surface area contributed by atoms with Crippen LogP contribution in [0.5, 0.6) is 11.5 Å². The second kappa shape index (κ2) is 9.34. The number of ether oxygens (including phenoxy) is 3. The fourth-order valence-electron chi connectivity index (χ4n) is 4.89. The number of nitrogens with zero attached hydrogens (tertiary/aromatic N) is 4. The minimum Gasteiger partial charge on any atom is -0.493 e. The smallest absolute Gasteiger partial charge is 0.245 e. The molecule has 2 N–H and O–H groups in total. The van der Waals surface area contributed by atoms with Gasteiger partial charge >= 0.3 is 0 Å². The van der Waals surface area contributed by atoms with Gasteiger partial charge in [0.2, 0.25) is 11.9 Å². The standard InChI is InChI=1S/C25H29N5O4/c1-32-19-15-17-21(20(22(19)33-2)16-7-4-3-5-8-16)23(26)28-25(27-17)30-10-6-9-18(30)24(31)29-11-13-34-14-12-29/h3-5,7-8,15,18H,6,9-14H2,1-2H3,(H2,26,27,28)/t18-/m0/s1. The van der Waals surface area contributed by atoms with Crippen LogP contribution in [0.4, 0.5) is 11.8 Å². The van der Waals surface area contributed by atoms with E-state index in [-0.39, 0.29) is 11.9 Å². The van der Waals surface area contributed by atoms with E-state index in [1.807, 2.05) is 46.2 Å². The topological polar surface area (TPSA) is 103 Å². The zero-order valence-corrected chi connectivity index (χ0v) is 19.5. The molecule has 9 nitrogen and oxygen atoms in total. The van der Waals surface area contributed by atoms with Crippen LogP contribution in [0.3, 0.4) is 0 Å². The lowest BCUT2D eigenvalue weighted by Crippen LogP contribution is -2.50. The summed E-state index contributed by atoms with van der Waals surface area (Å²) >= 11 is 0. The highest BCUT2D eigenvalue weighted by Gasteiger charge is 2.36. The first kappa shape index (κ1) is 22.2. The van der Waals surface area contributed by atoms with Crippen LogP contribution in [0.15, 0.2) is 36.4 Å². The summed E-state index contributed by atoms with van der Waals surface area (Å²) in [5, 5.41) is 0.697. The van der Waals surface area contributed by atoms with Crippen LogP contribution in [-0.4, -0.2) is 73.9 Å². The number of methoxy groups -OCH3 is 2. The van der Waals surface area contributed by atoms with Gasteiger partial charge in [0.15, 0.2) is 11.5 Å². The van der Waals surface area contributed by atoms with Crippen molar-refractivity contribution in [3.8, 4) is 22.6 Å². The zero-order chi connectivity index (χ0) is 23.7. The van der Waals surface area contributed by atoms with Crippen molar-refractivity contribution >= 4 is 28.6 Å². The maximum absolute atomic E-state index is 13.3. The zero-order valence-electron chi connectivity index (χ0n) is 19.5. The summed E-state index contributed by atoms with van der Waals surface area (Å²) in [5.41, 5.74) is 8.90. The van der Waals surface area contributed by atoms with Gasteiger partial charge in [0.25, 0.3) is 0 Å². The molecule has 0 bridgehead atoms. The van der Waals surface area contributed by atoms with Gasteiger partial charge in [0.1, 0.15) is 11.9 Å². The summed E-state index contributed by atoms with van der Waals surface area (Å²) in [6.07, 6.45) is 1.65. The Morgan fingerprint density at radius 3 is 2.56 bits per heavy atom. The minimum absolute atomic E-state index is 0.0976. The first-order valence-electron chi connectivity index (χ1n) is 11.5. The van der Waals surface area contributed by atoms with Gasteiger partial charge < -0.3 is 29.7 Å². The largest absolute Gasteiger partial charge is 0.493 e. The molecule has 2 fully saturated rings. The monoisotopic (exact) mass is 463 g/mol. The van der Waals surface area contributed by atoms with Crippen molar-refractivity contribution in [1.29, 1.82) is 0 Å². The van der Waals surface area contributed by atoms with Crippen molar-refractivity contribution in [3.63, 3.8) is 0 Å². The fraction of sp³-hybridized carbons (Fsp3) is 0.400. The lowest BCUT2D eigenvalue weighted by atomic mass is 9.99. The number of benzene rings is 2. The number of carbonyl (C=O) groups is 1. The summed E-state index contributed by atoms with van der Waals surface area (Å²) in [4.78, 5) is 26.7. The number of fused-ring (bicyclic) bond motifs is 1. The van der Waals surface area contributed by atoms with E-state index in [1.165, 1.54) is 0 Å². The highest BCUT2D eigenvalue weighted by Crippen LogP contribution is 2.45. The molecule has 9 heteroatoms. The maximum Gasteiger partial charge on any atom is 0.245 e. The number of morpholine rings is 1. The Morgan fingerprint density at radius 1 is 1.09 bits per heavy atom. The third kappa shape index (κ3) is 3.86. The van der Waals surface area contributed by atoms with E-state index in [9.17, 15) is 4.79 Å². The number of nitrogens with two attached hydrogens (primary N) is 1. The minimum atomic E-state index is -0.302. The fourth-order valence-corrected chi connectivity index (χ4v) is 4.89. The molecule has 0 aliphatic carbocycles. The molecule has 178 valence electrons. The summed E-state index contributed by atoms with van der Waals surface area (Å²) in [6, 6.07) is 11.4. The first-order chi connectivity index (χ1) is 16.6. The molecule has 0 unspecified atom stereocenters. The van der Waals surface area contributed by atoms with Crippen LogP contribution in [-0.2, 0) is 9.53 Å². The van der Waals surface area contributed by atoms with E-state index in [0.29, 0.717) is 67.0 Å². The van der Waals surface area contributed by atoms with E-state index < -0.39 is 0 Å². The molecule has 2 aliphatic heterocycles. The summed E-state index contributed by atoms with van der Waals surface area (Å²) in [7, 11) is 3.20. The van der Waals surface area contributed by atoms with Gasteiger partial charge in [-0.05, 0) is 18.4 Å². The number of amides is 1. The second-order valence-corrected chi connectivity index (χ2v) is 8.45.